The van der Waals surface area contributed by atoms with Crippen LogP contribution in [0, 0.1) is 11.8 Å². The molecule has 0 aliphatic heterocycles. The third-order valence-electron chi connectivity index (χ3n) is 6.10. The van der Waals surface area contributed by atoms with E-state index in [1.165, 1.54) is 14.7 Å². The van der Waals surface area contributed by atoms with Gasteiger partial charge in [-0.15, -0.1) is 0 Å². The van der Waals surface area contributed by atoms with Crippen molar-refractivity contribution in [1.82, 2.24) is 14.7 Å². The van der Waals surface area contributed by atoms with Gasteiger partial charge in [0.1, 0.15) is 12.1 Å². The topological polar surface area (TPSA) is 196 Å². The number of hydrogen-bond acceptors (Lipinski definition) is 8. The van der Waals surface area contributed by atoms with E-state index in [0.717, 1.165) is 0 Å². The molecule has 0 unspecified atom stereocenters. The first kappa shape index (κ1) is 32.2. The summed E-state index contributed by atoms with van der Waals surface area (Å²) in [6, 6.07) is -2.18. The summed E-state index contributed by atoms with van der Waals surface area (Å²) in [4.78, 5) is 61.7. The molecule has 35 heavy (non-hydrogen) atoms. The van der Waals surface area contributed by atoms with Crippen molar-refractivity contribution in [3.63, 3.8) is 0 Å². The fourth-order valence-corrected chi connectivity index (χ4v) is 3.95. The van der Waals surface area contributed by atoms with Crippen LogP contribution in [-0.2, 0) is 24.0 Å². The maximum atomic E-state index is 11.8. The average Bonchev–Trinajstić information content (AvgIpc) is 2.73. The van der Waals surface area contributed by atoms with Gasteiger partial charge in [-0.2, -0.15) is 0 Å². The van der Waals surface area contributed by atoms with Crippen LogP contribution >= 0.6 is 0 Å². The van der Waals surface area contributed by atoms with Crippen LogP contribution in [0.25, 0.3) is 0 Å². The summed E-state index contributed by atoms with van der Waals surface area (Å²) in [6.45, 7) is 5.22. The summed E-state index contributed by atoms with van der Waals surface area (Å²) in [5, 5.41) is 47.2. The molecule has 0 saturated heterocycles. The van der Waals surface area contributed by atoms with Gasteiger partial charge in [0.2, 0.25) is 0 Å². The van der Waals surface area contributed by atoms with Gasteiger partial charge in [0, 0.05) is 26.2 Å². The standard InChI is InChI=1S/C22H39N3O10/c1-5-14(3)19(21(32)33)24(12-17(28)29)9-7-23(11-16(26)27)8-10-25(13-18(30)31)20(22(34)35)15(4)6-2/h14-15,19-20H,5-13H2,1-4H3,(H,26,27)(H,28,29)(H,30,31)(H,32,33)(H,34,35)/t14-,15-,19-,20-/m0/s1. The van der Waals surface area contributed by atoms with Gasteiger partial charge in [-0.1, -0.05) is 40.5 Å². The summed E-state index contributed by atoms with van der Waals surface area (Å²) < 4.78 is 0. The SMILES string of the molecule is CC[C@H](C)[C@@H](C(=O)O)N(CCN(CCN(CC(=O)O)[C@H](C(=O)O)[C@@H](C)CC)CC(=O)O)CC(=O)O. The Balaban J connectivity index is 5.70. The van der Waals surface area contributed by atoms with Gasteiger partial charge in [-0.25, -0.2) is 0 Å². The number of nitrogens with zero attached hydrogens (tertiary/aromatic N) is 3. The van der Waals surface area contributed by atoms with Crippen molar-refractivity contribution in [2.24, 2.45) is 11.8 Å². The fraction of sp³-hybridized carbons (Fsp3) is 0.773. The van der Waals surface area contributed by atoms with E-state index in [1.54, 1.807) is 27.7 Å². The lowest BCUT2D eigenvalue weighted by Crippen LogP contribution is -2.52. The molecule has 0 aromatic heterocycles. The highest BCUT2D eigenvalue weighted by atomic mass is 16.4. The first-order valence-electron chi connectivity index (χ1n) is 11.6. The Morgan fingerprint density at radius 3 is 1.11 bits per heavy atom. The molecule has 0 aliphatic carbocycles. The van der Waals surface area contributed by atoms with E-state index in [-0.39, 0.29) is 38.0 Å². The zero-order chi connectivity index (χ0) is 27.3. The predicted molar refractivity (Wildman–Crippen MR) is 124 cm³/mol. The van der Waals surface area contributed by atoms with E-state index in [0.29, 0.717) is 12.8 Å². The Hall–Kier alpha value is -2.77. The lowest BCUT2D eigenvalue weighted by atomic mass is 9.97. The Labute approximate surface area is 204 Å². The van der Waals surface area contributed by atoms with Crippen molar-refractivity contribution in [2.45, 2.75) is 52.6 Å². The molecule has 0 aromatic rings. The second kappa shape index (κ2) is 16.0. The molecule has 5 N–H and O–H groups in total. The zero-order valence-electron chi connectivity index (χ0n) is 20.8. The minimum atomic E-state index is -1.23. The summed E-state index contributed by atoms with van der Waals surface area (Å²) in [6.07, 6.45) is 0.977. The summed E-state index contributed by atoms with van der Waals surface area (Å²) >= 11 is 0. The average molecular weight is 506 g/mol. The van der Waals surface area contributed by atoms with Gasteiger partial charge >= 0.3 is 29.8 Å². The van der Waals surface area contributed by atoms with Gasteiger partial charge in [0.25, 0.3) is 0 Å². The van der Waals surface area contributed by atoms with Crippen LogP contribution in [0.1, 0.15) is 40.5 Å². The number of hydrogen-bond donors (Lipinski definition) is 5. The van der Waals surface area contributed by atoms with Gasteiger partial charge < -0.3 is 25.5 Å². The van der Waals surface area contributed by atoms with Crippen molar-refractivity contribution in [2.75, 3.05) is 45.8 Å². The van der Waals surface area contributed by atoms with Crippen molar-refractivity contribution in [1.29, 1.82) is 0 Å². The number of carboxylic acid groups (broad SMARTS) is 5. The van der Waals surface area contributed by atoms with Gasteiger partial charge in [-0.3, -0.25) is 38.7 Å². The molecular formula is C22H39N3O10. The largest absolute Gasteiger partial charge is 0.480 e. The van der Waals surface area contributed by atoms with Crippen molar-refractivity contribution in [3.05, 3.63) is 0 Å². The molecule has 0 radical (unpaired) electrons. The van der Waals surface area contributed by atoms with Crippen molar-refractivity contribution in [3.8, 4) is 0 Å². The summed E-state index contributed by atoms with van der Waals surface area (Å²) in [5.41, 5.74) is 0. The second-order valence-electron chi connectivity index (χ2n) is 8.74. The molecule has 4 atom stereocenters. The lowest BCUT2D eigenvalue weighted by molar-refractivity contribution is -0.150. The molecule has 0 spiro atoms. The maximum absolute atomic E-state index is 11.8. The molecule has 0 heterocycles. The number of carbonyl (C=O) groups is 5. The normalized spacial score (nSPS) is 15.1. The highest BCUT2D eigenvalue weighted by molar-refractivity contribution is 5.76. The second-order valence-corrected chi connectivity index (χ2v) is 8.74. The Morgan fingerprint density at radius 1 is 0.571 bits per heavy atom. The summed E-state index contributed by atoms with van der Waals surface area (Å²) in [5.74, 6) is -6.74. The highest BCUT2D eigenvalue weighted by Crippen LogP contribution is 2.17. The van der Waals surface area contributed by atoms with Crippen LogP contribution < -0.4 is 0 Å². The molecule has 0 rings (SSSR count). The van der Waals surface area contributed by atoms with E-state index < -0.39 is 61.6 Å². The van der Waals surface area contributed by atoms with Crippen LogP contribution in [0.2, 0.25) is 0 Å². The van der Waals surface area contributed by atoms with Crippen LogP contribution in [-0.4, -0.2) is 128 Å². The van der Waals surface area contributed by atoms with Crippen LogP contribution in [0.3, 0.4) is 0 Å². The predicted octanol–water partition coefficient (Wildman–Crippen LogP) is 0.145. The molecule has 0 fully saturated rings. The minimum absolute atomic E-state index is 0.0121. The first-order chi connectivity index (χ1) is 16.2. The number of carboxylic acids is 5. The third-order valence-corrected chi connectivity index (χ3v) is 6.10. The molecule has 0 saturated carbocycles. The van der Waals surface area contributed by atoms with Gasteiger partial charge in [0.05, 0.1) is 19.6 Å². The number of aliphatic carboxylic acids is 5. The molecule has 0 aromatic carbocycles. The van der Waals surface area contributed by atoms with Crippen LogP contribution in [0.15, 0.2) is 0 Å². The van der Waals surface area contributed by atoms with Gasteiger partial charge in [0.15, 0.2) is 0 Å². The maximum Gasteiger partial charge on any atom is 0.321 e. The zero-order valence-corrected chi connectivity index (χ0v) is 20.8. The third kappa shape index (κ3) is 12.0. The summed E-state index contributed by atoms with van der Waals surface area (Å²) in [7, 11) is 0. The smallest absolute Gasteiger partial charge is 0.321 e. The molecule has 0 aliphatic rings. The fourth-order valence-electron chi connectivity index (χ4n) is 3.95. The van der Waals surface area contributed by atoms with Crippen molar-refractivity contribution < 1.29 is 49.5 Å². The van der Waals surface area contributed by atoms with E-state index in [1.807, 2.05) is 0 Å². The minimum Gasteiger partial charge on any atom is -0.480 e. The molecule has 0 bridgehead atoms. The lowest BCUT2D eigenvalue weighted by Gasteiger charge is -2.35. The molecular weight excluding hydrogens is 466 g/mol. The Kier molecular flexibility index (Phi) is 14.7. The Bertz CT molecular complexity index is 680. The van der Waals surface area contributed by atoms with Crippen LogP contribution in [0.5, 0.6) is 0 Å². The van der Waals surface area contributed by atoms with E-state index >= 15 is 0 Å². The molecule has 13 heteroatoms. The first-order valence-corrected chi connectivity index (χ1v) is 11.6. The highest BCUT2D eigenvalue weighted by Gasteiger charge is 2.33. The quantitative estimate of drug-likeness (QED) is 0.150. The monoisotopic (exact) mass is 505 g/mol. The Morgan fingerprint density at radius 2 is 0.886 bits per heavy atom. The van der Waals surface area contributed by atoms with E-state index in [4.69, 9.17) is 0 Å². The molecule has 13 nitrogen and oxygen atoms in total. The number of rotatable bonds is 20. The van der Waals surface area contributed by atoms with E-state index in [2.05, 4.69) is 0 Å². The van der Waals surface area contributed by atoms with Crippen LogP contribution in [0.4, 0.5) is 0 Å². The van der Waals surface area contributed by atoms with Gasteiger partial charge in [-0.05, 0) is 11.8 Å². The van der Waals surface area contributed by atoms with E-state index in [9.17, 15) is 49.5 Å². The molecule has 202 valence electrons. The molecule has 0 amide bonds. The van der Waals surface area contributed by atoms with Crippen molar-refractivity contribution >= 4 is 29.8 Å².